The van der Waals surface area contributed by atoms with Crippen molar-refractivity contribution < 1.29 is 13.9 Å². The Labute approximate surface area is 149 Å². The molecule has 0 saturated heterocycles. The summed E-state index contributed by atoms with van der Waals surface area (Å²) in [6, 6.07) is 3.90. The molecule has 0 spiro atoms. The lowest BCUT2D eigenvalue weighted by Gasteiger charge is -2.17. The van der Waals surface area contributed by atoms with Crippen LogP contribution < -0.4 is 10.6 Å². The Morgan fingerprint density at radius 3 is 2.44 bits per heavy atom. The molecule has 142 valence electrons. The van der Waals surface area contributed by atoms with Crippen LogP contribution in [0.1, 0.15) is 39.2 Å². The van der Waals surface area contributed by atoms with Gasteiger partial charge in [-0.1, -0.05) is 19.9 Å². The van der Waals surface area contributed by atoms with Crippen LogP contribution in [0.2, 0.25) is 0 Å². The molecule has 6 heteroatoms. The van der Waals surface area contributed by atoms with Crippen LogP contribution in [-0.2, 0) is 6.42 Å². The first-order chi connectivity index (χ1) is 12.0. The average Bonchev–Trinajstić information content (AvgIpc) is 2.54. The third-order valence-corrected chi connectivity index (χ3v) is 3.92. The Hall–Kier alpha value is -1.69. The van der Waals surface area contributed by atoms with E-state index in [9.17, 15) is 13.9 Å². The summed E-state index contributed by atoms with van der Waals surface area (Å²) in [6.07, 6.45) is 1.97. The third-order valence-electron chi connectivity index (χ3n) is 3.92. The molecule has 1 aromatic carbocycles. The van der Waals surface area contributed by atoms with E-state index >= 15 is 0 Å². The Balaban J connectivity index is 2.60. The molecule has 1 unspecified atom stereocenters. The maximum Gasteiger partial charge on any atom is 0.191 e. The number of guanidine groups is 1. The second-order valence-corrected chi connectivity index (χ2v) is 6.60. The van der Waals surface area contributed by atoms with Crippen molar-refractivity contribution in [1.82, 2.24) is 10.6 Å². The number of nitrogens with zero attached hydrogens (tertiary/aromatic N) is 1. The SMILES string of the molecule is CCNC(=NCC(CCO)CC(C)C)NCCc1c(F)cccc1F. The first kappa shape index (κ1) is 21.4. The Kier molecular flexibility index (Phi) is 10.1. The third kappa shape index (κ3) is 8.29. The van der Waals surface area contributed by atoms with E-state index in [1.165, 1.54) is 18.2 Å². The topological polar surface area (TPSA) is 56.7 Å². The predicted octanol–water partition coefficient (Wildman–Crippen LogP) is 3.11. The molecule has 25 heavy (non-hydrogen) atoms. The lowest BCUT2D eigenvalue weighted by Crippen LogP contribution is -2.39. The van der Waals surface area contributed by atoms with E-state index in [2.05, 4.69) is 29.5 Å². The number of aliphatic imine (C=N–C) groups is 1. The number of aliphatic hydroxyl groups excluding tert-OH is 1. The Bertz CT molecular complexity index is 515. The van der Waals surface area contributed by atoms with Crippen molar-refractivity contribution in [1.29, 1.82) is 0 Å². The van der Waals surface area contributed by atoms with Crippen LogP contribution in [-0.4, -0.2) is 37.3 Å². The number of halogens is 2. The number of aliphatic hydroxyl groups is 1. The minimum absolute atomic E-state index is 0.0869. The summed E-state index contributed by atoms with van der Waals surface area (Å²) >= 11 is 0. The summed E-state index contributed by atoms with van der Waals surface area (Å²) in [5, 5.41) is 15.4. The standard InChI is InChI=1S/C19H31F2N3O/c1-4-22-19(24-13-15(9-11-25)12-14(2)3)23-10-8-16-17(20)6-5-7-18(16)21/h5-7,14-15,25H,4,8-13H2,1-3H3,(H2,22,23,24). The Morgan fingerprint density at radius 1 is 1.20 bits per heavy atom. The molecular weight excluding hydrogens is 324 g/mol. The minimum atomic E-state index is -0.524. The number of nitrogens with one attached hydrogen (secondary N) is 2. The predicted molar refractivity (Wildman–Crippen MR) is 98.7 cm³/mol. The van der Waals surface area contributed by atoms with Crippen molar-refractivity contribution in [3.05, 3.63) is 35.4 Å². The highest BCUT2D eigenvalue weighted by atomic mass is 19.1. The van der Waals surface area contributed by atoms with Gasteiger partial charge in [0.25, 0.3) is 0 Å². The van der Waals surface area contributed by atoms with Crippen LogP contribution in [0.15, 0.2) is 23.2 Å². The first-order valence-electron chi connectivity index (χ1n) is 9.03. The number of hydrogen-bond acceptors (Lipinski definition) is 2. The fourth-order valence-electron chi connectivity index (χ4n) is 2.77. The lowest BCUT2D eigenvalue weighted by molar-refractivity contribution is 0.245. The molecule has 0 radical (unpaired) electrons. The van der Waals surface area contributed by atoms with Crippen LogP contribution in [0.5, 0.6) is 0 Å². The molecule has 1 aromatic rings. The van der Waals surface area contributed by atoms with E-state index in [0.717, 1.165) is 12.8 Å². The lowest BCUT2D eigenvalue weighted by atomic mass is 9.94. The number of hydrogen-bond donors (Lipinski definition) is 3. The van der Waals surface area contributed by atoms with Crippen molar-refractivity contribution in [2.75, 3.05) is 26.2 Å². The molecule has 0 amide bonds. The monoisotopic (exact) mass is 355 g/mol. The quantitative estimate of drug-likeness (QED) is 0.446. The second kappa shape index (κ2) is 11.8. The molecule has 0 fully saturated rings. The molecule has 0 heterocycles. The number of rotatable bonds is 10. The smallest absolute Gasteiger partial charge is 0.191 e. The molecule has 4 nitrogen and oxygen atoms in total. The van der Waals surface area contributed by atoms with Crippen molar-refractivity contribution in [3.8, 4) is 0 Å². The van der Waals surface area contributed by atoms with E-state index in [4.69, 9.17) is 0 Å². The van der Waals surface area contributed by atoms with Crippen LogP contribution in [0, 0.1) is 23.5 Å². The number of benzene rings is 1. The van der Waals surface area contributed by atoms with Gasteiger partial charge in [-0.2, -0.15) is 0 Å². The van der Waals surface area contributed by atoms with Crippen molar-refractivity contribution in [3.63, 3.8) is 0 Å². The van der Waals surface area contributed by atoms with Crippen LogP contribution in [0.25, 0.3) is 0 Å². The second-order valence-electron chi connectivity index (χ2n) is 6.60. The van der Waals surface area contributed by atoms with E-state index in [1.807, 2.05) is 6.92 Å². The molecule has 0 aliphatic heterocycles. The van der Waals surface area contributed by atoms with Gasteiger partial charge >= 0.3 is 0 Å². The van der Waals surface area contributed by atoms with Crippen LogP contribution in [0.3, 0.4) is 0 Å². The van der Waals surface area contributed by atoms with Crippen LogP contribution >= 0.6 is 0 Å². The zero-order chi connectivity index (χ0) is 18.7. The van der Waals surface area contributed by atoms with Crippen molar-refractivity contribution in [2.45, 2.75) is 40.0 Å². The van der Waals surface area contributed by atoms with Gasteiger partial charge < -0.3 is 15.7 Å². The zero-order valence-corrected chi connectivity index (χ0v) is 15.5. The van der Waals surface area contributed by atoms with E-state index in [0.29, 0.717) is 37.4 Å². The average molecular weight is 355 g/mol. The summed E-state index contributed by atoms with van der Waals surface area (Å²) in [7, 11) is 0. The van der Waals surface area contributed by atoms with Gasteiger partial charge in [0.05, 0.1) is 0 Å². The van der Waals surface area contributed by atoms with Crippen molar-refractivity contribution >= 4 is 5.96 Å². The molecule has 0 aromatic heterocycles. The molecule has 1 rings (SSSR count). The fraction of sp³-hybridized carbons (Fsp3) is 0.632. The van der Waals surface area contributed by atoms with Gasteiger partial charge in [0, 0.05) is 31.8 Å². The molecule has 3 N–H and O–H groups in total. The summed E-state index contributed by atoms with van der Waals surface area (Å²) in [4.78, 5) is 4.56. The minimum Gasteiger partial charge on any atom is -0.396 e. The van der Waals surface area contributed by atoms with E-state index < -0.39 is 11.6 Å². The maximum absolute atomic E-state index is 13.6. The van der Waals surface area contributed by atoms with Gasteiger partial charge in [0.15, 0.2) is 5.96 Å². The summed E-state index contributed by atoms with van der Waals surface area (Å²) in [6.45, 7) is 8.13. The van der Waals surface area contributed by atoms with E-state index in [-0.39, 0.29) is 18.6 Å². The van der Waals surface area contributed by atoms with Gasteiger partial charge in [-0.15, -0.1) is 0 Å². The van der Waals surface area contributed by atoms with Gasteiger partial charge in [-0.3, -0.25) is 4.99 Å². The molecule has 1 atom stereocenters. The summed E-state index contributed by atoms with van der Waals surface area (Å²) < 4.78 is 27.3. The van der Waals surface area contributed by atoms with E-state index in [1.54, 1.807) is 0 Å². The summed E-state index contributed by atoms with van der Waals surface area (Å²) in [5.41, 5.74) is 0.0869. The first-order valence-corrected chi connectivity index (χ1v) is 9.03. The van der Waals surface area contributed by atoms with Gasteiger partial charge in [-0.25, -0.2) is 8.78 Å². The molecular formula is C19H31F2N3O. The Morgan fingerprint density at radius 2 is 1.88 bits per heavy atom. The largest absolute Gasteiger partial charge is 0.396 e. The van der Waals surface area contributed by atoms with Gasteiger partial charge in [-0.05, 0) is 50.2 Å². The highest BCUT2D eigenvalue weighted by molar-refractivity contribution is 5.79. The van der Waals surface area contributed by atoms with Gasteiger partial charge in [0.2, 0.25) is 0 Å². The zero-order valence-electron chi connectivity index (χ0n) is 15.5. The molecule has 0 saturated carbocycles. The van der Waals surface area contributed by atoms with Gasteiger partial charge in [0.1, 0.15) is 11.6 Å². The molecule has 0 aliphatic carbocycles. The normalized spacial score (nSPS) is 13.2. The van der Waals surface area contributed by atoms with Crippen molar-refractivity contribution in [2.24, 2.45) is 16.8 Å². The summed E-state index contributed by atoms with van der Waals surface area (Å²) in [5.74, 6) is 0.453. The fourth-order valence-corrected chi connectivity index (χ4v) is 2.77. The van der Waals surface area contributed by atoms with Crippen LogP contribution in [0.4, 0.5) is 8.78 Å². The molecule has 0 bridgehead atoms. The highest BCUT2D eigenvalue weighted by Crippen LogP contribution is 2.15. The molecule has 0 aliphatic rings. The highest BCUT2D eigenvalue weighted by Gasteiger charge is 2.11. The maximum atomic E-state index is 13.6.